The zero-order chi connectivity index (χ0) is 13.7. The molecule has 0 aliphatic heterocycles. The van der Waals surface area contributed by atoms with E-state index >= 15 is 0 Å². The summed E-state index contributed by atoms with van der Waals surface area (Å²) < 4.78 is 0. The highest BCUT2D eigenvalue weighted by Crippen LogP contribution is 2.16. The van der Waals surface area contributed by atoms with Crippen molar-refractivity contribution in [3.05, 3.63) is 22.4 Å². The number of nitrogens with two attached hydrogens (primary N) is 1. The van der Waals surface area contributed by atoms with Gasteiger partial charge in [0.05, 0.1) is 10.9 Å². The number of hydrogen-bond acceptors (Lipinski definition) is 3. The largest absolute Gasteiger partial charge is 0.393 e. The topological polar surface area (TPSA) is 46.3 Å². The summed E-state index contributed by atoms with van der Waals surface area (Å²) in [6.07, 6.45) is 1.53. The number of carbonyl (C=O) groups excluding carboxylic acids is 1. The summed E-state index contributed by atoms with van der Waals surface area (Å²) in [5.74, 6) is -0.315. The molecule has 100 valence electrons. The number of rotatable bonds is 6. The molecule has 1 heterocycles. The maximum Gasteiger partial charge on any atom is 0.232 e. The number of nitrogens with zero attached hydrogens (tertiary/aromatic N) is 1. The molecule has 1 aromatic rings. The lowest BCUT2D eigenvalue weighted by atomic mass is 10.0. The van der Waals surface area contributed by atoms with Crippen molar-refractivity contribution in [3.8, 4) is 0 Å². The zero-order valence-corrected chi connectivity index (χ0v) is 12.7. The van der Waals surface area contributed by atoms with Gasteiger partial charge in [0.1, 0.15) is 0 Å². The van der Waals surface area contributed by atoms with Crippen molar-refractivity contribution in [2.24, 2.45) is 11.7 Å². The van der Waals surface area contributed by atoms with Gasteiger partial charge in [-0.2, -0.15) is 0 Å². The van der Waals surface area contributed by atoms with Gasteiger partial charge < -0.3 is 10.6 Å². The Bertz CT molecular complexity index is 403. The van der Waals surface area contributed by atoms with Crippen LogP contribution in [-0.4, -0.2) is 28.9 Å². The van der Waals surface area contributed by atoms with E-state index in [4.69, 9.17) is 18.0 Å². The predicted octanol–water partition coefficient (Wildman–Crippen LogP) is 2.45. The highest BCUT2D eigenvalue weighted by molar-refractivity contribution is 7.80. The molecule has 0 aromatic carbocycles. The maximum absolute atomic E-state index is 12.2. The van der Waals surface area contributed by atoms with Gasteiger partial charge in [-0.25, -0.2) is 0 Å². The Morgan fingerprint density at radius 2 is 2.28 bits per heavy atom. The average Bonchev–Trinajstić information content (AvgIpc) is 2.80. The number of hydrogen-bond donors (Lipinski definition) is 1. The Morgan fingerprint density at radius 1 is 1.61 bits per heavy atom. The molecule has 0 saturated carbocycles. The second-order valence-electron chi connectivity index (χ2n) is 4.44. The fourth-order valence-electron chi connectivity index (χ4n) is 1.82. The summed E-state index contributed by atoms with van der Waals surface area (Å²) in [4.78, 5) is 15.6. The molecule has 0 radical (unpaired) electrons. The second kappa shape index (κ2) is 6.85. The first-order chi connectivity index (χ1) is 8.47. The van der Waals surface area contributed by atoms with Crippen LogP contribution in [0.4, 0.5) is 0 Å². The molecule has 1 aromatic heterocycles. The van der Waals surface area contributed by atoms with Crippen LogP contribution < -0.4 is 5.73 Å². The molecule has 2 unspecified atom stereocenters. The van der Waals surface area contributed by atoms with E-state index in [2.05, 4.69) is 6.07 Å². The quantitative estimate of drug-likeness (QED) is 0.816. The van der Waals surface area contributed by atoms with E-state index in [-0.39, 0.29) is 22.9 Å². The number of carbonyl (C=O) groups is 1. The van der Waals surface area contributed by atoms with Crippen molar-refractivity contribution < 1.29 is 4.79 Å². The van der Waals surface area contributed by atoms with Gasteiger partial charge in [-0.05, 0) is 24.8 Å². The zero-order valence-electron chi connectivity index (χ0n) is 11.1. The standard InChI is InChI=1S/C13H20N2OS2/c1-4-11(12(14)17)13(16)15(3)9(2)8-10-6-5-7-18-10/h5-7,9,11H,4,8H2,1-3H3,(H2,14,17). The summed E-state index contributed by atoms with van der Waals surface area (Å²) in [7, 11) is 1.82. The van der Waals surface area contributed by atoms with Gasteiger partial charge in [0.2, 0.25) is 5.91 Å². The summed E-state index contributed by atoms with van der Waals surface area (Å²) in [6.45, 7) is 3.98. The molecule has 1 amide bonds. The van der Waals surface area contributed by atoms with E-state index in [1.54, 1.807) is 16.2 Å². The van der Waals surface area contributed by atoms with Gasteiger partial charge in [-0.3, -0.25) is 4.79 Å². The lowest BCUT2D eigenvalue weighted by Crippen LogP contribution is -2.43. The normalized spacial score (nSPS) is 13.9. The van der Waals surface area contributed by atoms with E-state index in [1.807, 2.05) is 32.3 Å². The first kappa shape index (κ1) is 15.1. The van der Waals surface area contributed by atoms with Crippen LogP contribution >= 0.6 is 23.6 Å². The highest BCUT2D eigenvalue weighted by atomic mass is 32.1. The molecule has 3 nitrogen and oxygen atoms in total. The van der Waals surface area contributed by atoms with Gasteiger partial charge >= 0.3 is 0 Å². The van der Waals surface area contributed by atoms with Crippen LogP contribution in [0.25, 0.3) is 0 Å². The fraction of sp³-hybridized carbons (Fsp3) is 0.538. The third-order valence-electron chi connectivity index (χ3n) is 3.14. The molecule has 0 saturated heterocycles. The summed E-state index contributed by atoms with van der Waals surface area (Å²) >= 11 is 6.66. The second-order valence-corrected chi connectivity index (χ2v) is 5.95. The number of amides is 1. The number of thiophene rings is 1. The molecule has 2 N–H and O–H groups in total. The maximum atomic E-state index is 12.2. The van der Waals surface area contributed by atoms with Gasteiger partial charge in [0, 0.05) is 24.4 Å². The van der Waals surface area contributed by atoms with Crippen molar-refractivity contribution >= 4 is 34.5 Å². The van der Waals surface area contributed by atoms with Gasteiger partial charge in [-0.15, -0.1) is 11.3 Å². The Balaban J connectivity index is 2.65. The minimum absolute atomic E-state index is 0.0223. The third kappa shape index (κ3) is 3.78. The smallest absolute Gasteiger partial charge is 0.232 e. The van der Waals surface area contributed by atoms with Crippen LogP contribution in [0.15, 0.2) is 17.5 Å². The van der Waals surface area contributed by atoms with Gasteiger partial charge in [0.25, 0.3) is 0 Å². The molecule has 0 spiro atoms. The summed E-state index contributed by atoms with van der Waals surface area (Å²) in [5.41, 5.74) is 5.61. The lowest BCUT2D eigenvalue weighted by Gasteiger charge is -2.28. The van der Waals surface area contributed by atoms with E-state index in [0.29, 0.717) is 6.42 Å². The molecular formula is C13H20N2OS2. The Kier molecular flexibility index (Phi) is 5.75. The van der Waals surface area contributed by atoms with Crippen molar-refractivity contribution in [2.75, 3.05) is 7.05 Å². The molecule has 0 fully saturated rings. The SMILES string of the molecule is CCC(C(=O)N(C)C(C)Cc1cccs1)C(N)=S. The van der Waals surface area contributed by atoms with Crippen LogP contribution in [0, 0.1) is 5.92 Å². The lowest BCUT2D eigenvalue weighted by molar-refractivity contribution is -0.133. The van der Waals surface area contributed by atoms with E-state index in [1.165, 1.54) is 4.88 Å². The molecule has 2 atom stereocenters. The van der Waals surface area contributed by atoms with Crippen LogP contribution in [0.2, 0.25) is 0 Å². The van der Waals surface area contributed by atoms with Crippen LogP contribution in [0.3, 0.4) is 0 Å². The Morgan fingerprint density at radius 3 is 2.72 bits per heavy atom. The van der Waals surface area contributed by atoms with Crippen LogP contribution in [0.1, 0.15) is 25.1 Å². The molecule has 0 aliphatic rings. The van der Waals surface area contributed by atoms with Crippen molar-refractivity contribution in [1.82, 2.24) is 4.90 Å². The average molecular weight is 284 g/mol. The molecule has 1 rings (SSSR count). The first-order valence-corrected chi connectivity index (χ1v) is 7.34. The van der Waals surface area contributed by atoms with Crippen LogP contribution in [-0.2, 0) is 11.2 Å². The van der Waals surface area contributed by atoms with Crippen molar-refractivity contribution in [3.63, 3.8) is 0 Å². The fourth-order valence-corrected chi connectivity index (χ4v) is 2.91. The minimum Gasteiger partial charge on any atom is -0.393 e. The van der Waals surface area contributed by atoms with Crippen molar-refractivity contribution in [2.45, 2.75) is 32.7 Å². The van der Waals surface area contributed by atoms with E-state index < -0.39 is 0 Å². The molecule has 5 heteroatoms. The Hall–Kier alpha value is -0.940. The van der Waals surface area contributed by atoms with Gasteiger partial charge in [-0.1, -0.05) is 25.2 Å². The summed E-state index contributed by atoms with van der Waals surface area (Å²) in [6, 6.07) is 4.27. The number of thiocarbonyl (C=S) groups is 1. The first-order valence-electron chi connectivity index (χ1n) is 6.05. The summed E-state index contributed by atoms with van der Waals surface area (Å²) in [5, 5.41) is 2.05. The molecule has 18 heavy (non-hydrogen) atoms. The van der Waals surface area contributed by atoms with E-state index in [9.17, 15) is 4.79 Å². The highest BCUT2D eigenvalue weighted by Gasteiger charge is 2.25. The molecule has 0 bridgehead atoms. The third-order valence-corrected chi connectivity index (χ3v) is 4.32. The van der Waals surface area contributed by atoms with Crippen molar-refractivity contribution in [1.29, 1.82) is 0 Å². The molecule has 0 aliphatic carbocycles. The van der Waals surface area contributed by atoms with Gasteiger partial charge in [0.15, 0.2) is 0 Å². The predicted molar refractivity (Wildman–Crippen MR) is 80.8 cm³/mol. The monoisotopic (exact) mass is 284 g/mol. The molecular weight excluding hydrogens is 264 g/mol. The minimum atomic E-state index is -0.337. The van der Waals surface area contributed by atoms with Crippen LogP contribution in [0.5, 0.6) is 0 Å². The Labute approximate surface area is 118 Å². The number of likely N-dealkylation sites (N-methyl/N-ethyl adjacent to an activating group) is 1. The van der Waals surface area contributed by atoms with E-state index in [0.717, 1.165) is 6.42 Å².